The van der Waals surface area contributed by atoms with Crippen LogP contribution in [0, 0.1) is 0 Å². The number of rotatable bonds is 3. The number of hydrogen-bond acceptors (Lipinski definition) is 5. The Labute approximate surface area is 89.4 Å². The van der Waals surface area contributed by atoms with Crippen LogP contribution in [0.5, 0.6) is 0 Å². The van der Waals surface area contributed by atoms with Crippen LogP contribution in [-0.4, -0.2) is 23.2 Å². The molecule has 2 rings (SSSR count). The van der Waals surface area contributed by atoms with Crippen molar-refractivity contribution in [2.75, 3.05) is 18.8 Å². The molecular weight excluding hydrogens is 192 g/mol. The van der Waals surface area contributed by atoms with Crippen LogP contribution in [0.2, 0.25) is 0 Å². The van der Waals surface area contributed by atoms with E-state index in [-0.39, 0.29) is 11.4 Å². The molecule has 0 amide bonds. The second-order valence-electron chi connectivity index (χ2n) is 4.27. The molecule has 1 aliphatic rings. The fourth-order valence-corrected chi connectivity index (χ4v) is 2.40. The van der Waals surface area contributed by atoms with Crippen molar-refractivity contribution in [1.82, 2.24) is 15.5 Å². The summed E-state index contributed by atoms with van der Waals surface area (Å²) in [5.74, 6) is 0.945. The van der Waals surface area contributed by atoms with Crippen LogP contribution in [-0.2, 0) is 5.41 Å². The zero-order valence-corrected chi connectivity index (χ0v) is 9.12. The van der Waals surface area contributed by atoms with Gasteiger partial charge < -0.3 is 15.6 Å². The summed E-state index contributed by atoms with van der Waals surface area (Å²) in [5, 5.41) is 7.08. The first kappa shape index (κ1) is 10.4. The Hall–Kier alpha value is -1.10. The number of anilines is 1. The highest BCUT2D eigenvalue weighted by atomic mass is 16.5. The van der Waals surface area contributed by atoms with E-state index >= 15 is 0 Å². The number of nitrogens with zero attached hydrogens (tertiary/aromatic N) is 2. The van der Waals surface area contributed by atoms with E-state index in [2.05, 4.69) is 22.4 Å². The van der Waals surface area contributed by atoms with E-state index in [4.69, 9.17) is 10.3 Å². The molecule has 1 atom stereocenters. The van der Waals surface area contributed by atoms with Crippen molar-refractivity contribution in [2.45, 2.75) is 38.0 Å². The molecule has 0 aliphatic carbocycles. The van der Waals surface area contributed by atoms with Gasteiger partial charge in [0.1, 0.15) is 0 Å². The summed E-state index contributed by atoms with van der Waals surface area (Å²) in [4.78, 5) is 4.19. The van der Waals surface area contributed by atoms with Gasteiger partial charge in [-0.15, -0.1) is 0 Å². The van der Waals surface area contributed by atoms with Gasteiger partial charge in [-0.1, -0.05) is 13.3 Å². The smallest absolute Gasteiger partial charge is 0.260 e. The maximum atomic E-state index is 5.50. The normalized spacial score (nSPS) is 26.7. The molecule has 1 unspecified atom stereocenters. The standard InChI is InChI=1S/C10H18N4O/c1-2-4-10(5-3-6-12-7-10)8-13-9(11)14-15-8/h12H,2-7H2,1H3,(H2,11,14). The minimum absolute atomic E-state index is 0.0115. The second-order valence-corrected chi connectivity index (χ2v) is 4.27. The Morgan fingerprint density at radius 1 is 1.60 bits per heavy atom. The van der Waals surface area contributed by atoms with Crippen molar-refractivity contribution in [3.63, 3.8) is 0 Å². The lowest BCUT2D eigenvalue weighted by Gasteiger charge is -2.34. The van der Waals surface area contributed by atoms with Gasteiger partial charge >= 0.3 is 0 Å². The molecule has 1 saturated heterocycles. The van der Waals surface area contributed by atoms with Crippen LogP contribution in [0.1, 0.15) is 38.5 Å². The van der Waals surface area contributed by atoms with Gasteiger partial charge in [-0.2, -0.15) is 4.98 Å². The largest absolute Gasteiger partial charge is 0.365 e. The molecule has 0 radical (unpaired) electrons. The summed E-state index contributed by atoms with van der Waals surface area (Å²) in [6.07, 6.45) is 4.45. The van der Waals surface area contributed by atoms with Gasteiger partial charge in [0.05, 0.1) is 5.41 Å². The highest BCUT2D eigenvalue weighted by Gasteiger charge is 2.38. The molecule has 0 bridgehead atoms. The minimum atomic E-state index is 0.0115. The zero-order chi connectivity index (χ0) is 10.7. The Bertz CT molecular complexity index is 311. The summed E-state index contributed by atoms with van der Waals surface area (Å²) < 4.78 is 5.23. The van der Waals surface area contributed by atoms with E-state index in [0.717, 1.165) is 38.8 Å². The number of piperidine rings is 1. The van der Waals surface area contributed by atoms with E-state index in [1.54, 1.807) is 0 Å². The van der Waals surface area contributed by atoms with Crippen LogP contribution in [0.15, 0.2) is 4.52 Å². The van der Waals surface area contributed by atoms with Crippen LogP contribution >= 0.6 is 0 Å². The van der Waals surface area contributed by atoms with Gasteiger partial charge in [0.15, 0.2) is 0 Å². The predicted octanol–water partition coefficient (Wildman–Crippen LogP) is 1.07. The Kier molecular flexibility index (Phi) is 2.90. The summed E-state index contributed by atoms with van der Waals surface area (Å²) in [6, 6.07) is 0. The van der Waals surface area contributed by atoms with Gasteiger partial charge in [0.2, 0.25) is 5.89 Å². The predicted molar refractivity (Wildman–Crippen MR) is 57.4 cm³/mol. The highest BCUT2D eigenvalue weighted by molar-refractivity contribution is 5.17. The molecule has 15 heavy (non-hydrogen) atoms. The summed E-state index contributed by atoms with van der Waals surface area (Å²) >= 11 is 0. The molecule has 1 aromatic heterocycles. The lowest BCUT2D eigenvalue weighted by atomic mass is 9.77. The molecule has 5 heteroatoms. The highest BCUT2D eigenvalue weighted by Crippen LogP contribution is 2.34. The summed E-state index contributed by atoms with van der Waals surface area (Å²) in [7, 11) is 0. The van der Waals surface area contributed by atoms with Crippen molar-refractivity contribution < 1.29 is 4.52 Å². The lowest BCUT2D eigenvalue weighted by Crippen LogP contribution is -2.43. The topological polar surface area (TPSA) is 77.0 Å². The van der Waals surface area contributed by atoms with E-state index in [1.807, 2.05) is 0 Å². The first-order valence-electron chi connectivity index (χ1n) is 5.57. The van der Waals surface area contributed by atoms with Crippen molar-refractivity contribution in [3.8, 4) is 0 Å². The molecule has 0 saturated carbocycles. The molecule has 1 aromatic rings. The number of nitrogens with two attached hydrogens (primary N) is 1. The monoisotopic (exact) mass is 210 g/mol. The van der Waals surface area contributed by atoms with Gasteiger partial charge in [-0.05, 0) is 31.0 Å². The van der Waals surface area contributed by atoms with E-state index < -0.39 is 0 Å². The van der Waals surface area contributed by atoms with Crippen LogP contribution in [0.25, 0.3) is 0 Å². The van der Waals surface area contributed by atoms with Gasteiger partial charge in [-0.25, -0.2) is 0 Å². The molecule has 84 valence electrons. The van der Waals surface area contributed by atoms with Gasteiger partial charge in [0.25, 0.3) is 5.95 Å². The van der Waals surface area contributed by atoms with E-state index in [0.29, 0.717) is 5.89 Å². The fourth-order valence-electron chi connectivity index (χ4n) is 2.40. The van der Waals surface area contributed by atoms with Crippen LogP contribution in [0.3, 0.4) is 0 Å². The number of nitrogens with one attached hydrogen (secondary N) is 1. The second kappa shape index (κ2) is 4.18. The Morgan fingerprint density at radius 3 is 3.00 bits per heavy atom. The first-order valence-corrected chi connectivity index (χ1v) is 5.57. The van der Waals surface area contributed by atoms with Crippen molar-refractivity contribution in [3.05, 3.63) is 5.89 Å². The first-order chi connectivity index (χ1) is 7.27. The number of nitrogen functional groups attached to an aromatic ring is 1. The average molecular weight is 210 g/mol. The van der Waals surface area contributed by atoms with Crippen molar-refractivity contribution in [2.24, 2.45) is 0 Å². The molecule has 1 fully saturated rings. The average Bonchev–Trinajstić information content (AvgIpc) is 2.67. The van der Waals surface area contributed by atoms with Gasteiger partial charge in [0, 0.05) is 6.54 Å². The molecular formula is C10H18N4O. The third-order valence-corrected chi connectivity index (χ3v) is 3.10. The third-order valence-electron chi connectivity index (χ3n) is 3.10. The minimum Gasteiger partial charge on any atom is -0.365 e. The maximum Gasteiger partial charge on any atom is 0.260 e. The van der Waals surface area contributed by atoms with Crippen molar-refractivity contribution in [1.29, 1.82) is 0 Å². The van der Waals surface area contributed by atoms with E-state index in [1.165, 1.54) is 0 Å². The summed E-state index contributed by atoms with van der Waals surface area (Å²) in [5.41, 5.74) is 5.52. The number of aromatic nitrogens is 2. The van der Waals surface area contributed by atoms with Crippen LogP contribution in [0.4, 0.5) is 5.95 Å². The maximum absolute atomic E-state index is 5.50. The molecule has 2 heterocycles. The Balaban J connectivity index is 2.24. The number of hydrogen-bond donors (Lipinski definition) is 2. The third kappa shape index (κ3) is 1.97. The molecule has 3 N–H and O–H groups in total. The Morgan fingerprint density at radius 2 is 2.47 bits per heavy atom. The molecule has 0 aromatic carbocycles. The van der Waals surface area contributed by atoms with E-state index in [9.17, 15) is 0 Å². The fraction of sp³-hybridized carbons (Fsp3) is 0.800. The quantitative estimate of drug-likeness (QED) is 0.780. The SMILES string of the molecule is CCCC1(c2nc(N)no2)CCCNC1. The van der Waals surface area contributed by atoms with Gasteiger partial charge in [-0.3, -0.25) is 0 Å². The lowest BCUT2D eigenvalue weighted by molar-refractivity contribution is 0.213. The van der Waals surface area contributed by atoms with Crippen LogP contribution < -0.4 is 11.1 Å². The molecule has 1 aliphatic heterocycles. The van der Waals surface area contributed by atoms with Crippen molar-refractivity contribution >= 4 is 5.95 Å². The molecule has 0 spiro atoms. The molecule has 5 nitrogen and oxygen atoms in total. The zero-order valence-electron chi connectivity index (χ0n) is 9.12. The summed E-state index contributed by atoms with van der Waals surface area (Å²) in [6.45, 7) is 4.17.